The van der Waals surface area contributed by atoms with Gasteiger partial charge < -0.3 is 10.2 Å². The third kappa shape index (κ3) is 2.09. The standard InChI is InChI=1S/C13H18N2O/c1-10-4-3-5-11(2)13(10)15-9-8-14-7-6-12(15)16/h3-5,14H,6-9H2,1-2H3. The largest absolute Gasteiger partial charge is 0.314 e. The second-order valence-corrected chi connectivity index (χ2v) is 4.29. The topological polar surface area (TPSA) is 32.3 Å². The van der Waals surface area contributed by atoms with E-state index in [1.54, 1.807) is 0 Å². The molecule has 1 N–H and O–H groups in total. The van der Waals surface area contributed by atoms with Gasteiger partial charge in [0, 0.05) is 31.7 Å². The lowest BCUT2D eigenvalue weighted by molar-refractivity contribution is -0.118. The van der Waals surface area contributed by atoms with E-state index in [-0.39, 0.29) is 5.91 Å². The third-order valence-electron chi connectivity index (χ3n) is 3.04. The van der Waals surface area contributed by atoms with Gasteiger partial charge in [0.1, 0.15) is 0 Å². The molecular weight excluding hydrogens is 200 g/mol. The Morgan fingerprint density at radius 2 is 1.88 bits per heavy atom. The van der Waals surface area contributed by atoms with Gasteiger partial charge in [0.2, 0.25) is 5.91 Å². The number of anilines is 1. The predicted octanol–water partition coefficient (Wildman–Crippen LogP) is 1.63. The fourth-order valence-corrected chi connectivity index (χ4v) is 2.24. The summed E-state index contributed by atoms with van der Waals surface area (Å²) in [7, 11) is 0. The van der Waals surface area contributed by atoms with Gasteiger partial charge in [-0.05, 0) is 25.0 Å². The zero-order valence-electron chi connectivity index (χ0n) is 9.92. The number of para-hydroxylation sites is 1. The molecule has 1 saturated heterocycles. The average molecular weight is 218 g/mol. The Morgan fingerprint density at radius 3 is 2.56 bits per heavy atom. The number of carbonyl (C=O) groups excluding carboxylic acids is 1. The monoisotopic (exact) mass is 218 g/mol. The maximum atomic E-state index is 12.0. The summed E-state index contributed by atoms with van der Waals surface area (Å²) in [5.74, 6) is 0.224. The first-order valence-electron chi connectivity index (χ1n) is 5.77. The van der Waals surface area contributed by atoms with E-state index in [0.717, 1.165) is 25.3 Å². The van der Waals surface area contributed by atoms with Crippen LogP contribution in [-0.4, -0.2) is 25.5 Å². The van der Waals surface area contributed by atoms with Crippen LogP contribution in [0, 0.1) is 13.8 Å². The summed E-state index contributed by atoms with van der Waals surface area (Å²) in [5, 5.41) is 3.25. The Bertz CT molecular complexity index is 381. The van der Waals surface area contributed by atoms with Gasteiger partial charge in [0.25, 0.3) is 0 Å². The summed E-state index contributed by atoms with van der Waals surface area (Å²) < 4.78 is 0. The van der Waals surface area contributed by atoms with Crippen molar-refractivity contribution in [2.24, 2.45) is 0 Å². The number of hydrogen-bond donors (Lipinski definition) is 1. The van der Waals surface area contributed by atoms with Gasteiger partial charge in [0.15, 0.2) is 0 Å². The first-order valence-corrected chi connectivity index (χ1v) is 5.77. The van der Waals surface area contributed by atoms with Crippen LogP contribution in [0.1, 0.15) is 17.5 Å². The zero-order valence-corrected chi connectivity index (χ0v) is 9.92. The van der Waals surface area contributed by atoms with Crippen molar-refractivity contribution in [2.45, 2.75) is 20.3 Å². The first kappa shape index (κ1) is 11.1. The van der Waals surface area contributed by atoms with Crippen LogP contribution in [0.25, 0.3) is 0 Å². The predicted molar refractivity (Wildman–Crippen MR) is 65.8 cm³/mol. The lowest BCUT2D eigenvalue weighted by Gasteiger charge is -2.24. The molecule has 1 aliphatic heterocycles. The Hall–Kier alpha value is -1.35. The molecule has 1 heterocycles. The van der Waals surface area contributed by atoms with Gasteiger partial charge in [-0.25, -0.2) is 0 Å². The van der Waals surface area contributed by atoms with E-state index in [4.69, 9.17) is 0 Å². The van der Waals surface area contributed by atoms with Gasteiger partial charge in [-0.1, -0.05) is 18.2 Å². The molecule has 0 bridgehead atoms. The summed E-state index contributed by atoms with van der Waals surface area (Å²) in [5.41, 5.74) is 3.45. The molecule has 1 aromatic rings. The number of hydrogen-bond acceptors (Lipinski definition) is 2. The molecule has 1 fully saturated rings. The molecule has 86 valence electrons. The van der Waals surface area contributed by atoms with E-state index in [2.05, 4.69) is 31.3 Å². The first-order chi connectivity index (χ1) is 7.70. The molecule has 0 unspecified atom stereocenters. The van der Waals surface area contributed by atoms with E-state index in [1.807, 2.05) is 11.0 Å². The lowest BCUT2D eigenvalue weighted by Crippen LogP contribution is -2.33. The Morgan fingerprint density at radius 1 is 1.19 bits per heavy atom. The van der Waals surface area contributed by atoms with Crippen LogP contribution >= 0.6 is 0 Å². The van der Waals surface area contributed by atoms with Gasteiger partial charge in [0.05, 0.1) is 0 Å². The maximum absolute atomic E-state index is 12.0. The fourth-order valence-electron chi connectivity index (χ4n) is 2.24. The molecular formula is C13H18N2O. The van der Waals surface area contributed by atoms with Crippen LogP contribution < -0.4 is 10.2 Å². The van der Waals surface area contributed by atoms with Crippen LogP contribution in [0.2, 0.25) is 0 Å². The van der Waals surface area contributed by atoms with Crippen molar-refractivity contribution < 1.29 is 4.79 Å². The minimum Gasteiger partial charge on any atom is -0.314 e. The van der Waals surface area contributed by atoms with E-state index in [9.17, 15) is 4.79 Å². The van der Waals surface area contributed by atoms with Crippen molar-refractivity contribution in [2.75, 3.05) is 24.5 Å². The normalized spacial score (nSPS) is 17.4. The van der Waals surface area contributed by atoms with Crippen molar-refractivity contribution in [3.63, 3.8) is 0 Å². The zero-order chi connectivity index (χ0) is 11.5. The SMILES string of the molecule is Cc1cccc(C)c1N1CCNCCC1=O. The average Bonchev–Trinajstić information content (AvgIpc) is 2.44. The third-order valence-corrected chi connectivity index (χ3v) is 3.04. The highest BCUT2D eigenvalue weighted by Crippen LogP contribution is 2.25. The van der Waals surface area contributed by atoms with Crippen molar-refractivity contribution in [3.05, 3.63) is 29.3 Å². The Labute approximate surface area is 96.5 Å². The van der Waals surface area contributed by atoms with E-state index < -0.39 is 0 Å². The fraction of sp³-hybridized carbons (Fsp3) is 0.462. The van der Waals surface area contributed by atoms with Crippen LogP contribution in [0.3, 0.4) is 0 Å². The molecule has 16 heavy (non-hydrogen) atoms. The highest BCUT2D eigenvalue weighted by atomic mass is 16.2. The van der Waals surface area contributed by atoms with E-state index in [0.29, 0.717) is 6.42 Å². The number of amides is 1. The Kier molecular flexibility index (Phi) is 3.25. The molecule has 0 spiro atoms. The molecule has 0 aliphatic carbocycles. The van der Waals surface area contributed by atoms with Gasteiger partial charge in [-0.3, -0.25) is 4.79 Å². The molecule has 3 heteroatoms. The summed E-state index contributed by atoms with van der Waals surface area (Å²) in [6.07, 6.45) is 0.591. The summed E-state index contributed by atoms with van der Waals surface area (Å²) >= 11 is 0. The molecule has 0 radical (unpaired) electrons. The number of aryl methyl sites for hydroxylation is 2. The number of nitrogens with one attached hydrogen (secondary N) is 1. The van der Waals surface area contributed by atoms with Crippen molar-refractivity contribution in [1.29, 1.82) is 0 Å². The van der Waals surface area contributed by atoms with Gasteiger partial charge >= 0.3 is 0 Å². The number of carbonyl (C=O) groups is 1. The second-order valence-electron chi connectivity index (χ2n) is 4.29. The highest BCUT2D eigenvalue weighted by Gasteiger charge is 2.20. The van der Waals surface area contributed by atoms with Crippen molar-refractivity contribution in [3.8, 4) is 0 Å². The van der Waals surface area contributed by atoms with Gasteiger partial charge in [-0.15, -0.1) is 0 Å². The second kappa shape index (κ2) is 4.66. The van der Waals surface area contributed by atoms with E-state index >= 15 is 0 Å². The number of benzene rings is 1. The molecule has 1 aromatic carbocycles. The van der Waals surface area contributed by atoms with Crippen molar-refractivity contribution >= 4 is 11.6 Å². The minimum absolute atomic E-state index is 0.224. The van der Waals surface area contributed by atoms with Crippen LogP contribution in [0.4, 0.5) is 5.69 Å². The molecule has 3 nitrogen and oxygen atoms in total. The molecule has 1 aliphatic rings. The van der Waals surface area contributed by atoms with Crippen LogP contribution in [0.15, 0.2) is 18.2 Å². The van der Waals surface area contributed by atoms with E-state index in [1.165, 1.54) is 11.1 Å². The van der Waals surface area contributed by atoms with Gasteiger partial charge in [-0.2, -0.15) is 0 Å². The quantitative estimate of drug-likeness (QED) is 0.777. The lowest BCUT2D eigenvalue weighted by atomic mass is 10.1. The molecule has 2 rings (SSSR count). The molecule has 1 amide bonds. The molecule has 0 saturated carbocycles. The summed E-state index contributed by atoms with van der Waals surface area (Å²) in [6.45, 7) is 6.56. The summed E-state index contributed by atoms with van der Waals surface area (Å²) in [6, 6.07) is 6.16. The van der Waals surface area contributed by atoms with Crippen LogP contribution in [-0.2, 0) is 4.79 Å². The summed E-state index contributed by atoms with van der Waals surface area (Å²) in [4.78, 5) is 13.9. The number of nitrogens with zero attached hydrogens (tertiary/aromatic N) is 1. The van der Waals surface area contributed by atoms with Crippen molar-refractivity contribution in [1.82, 2.24) is 5.32 Å². The smallest absolute Gasteiger partial charge is 0.228 e. The maximum Gasteiger partial charge on any atom is 0.228 e. The van der Waals surface area contributed by atoms with Crippen LogP contribution in [0.5, 0.6) is 0 Å². The minimum atomic E-state index is 0.224. The Balaban J connectivity index is 2.37. The molecule has 0 aromatic heterocycles. The molecule has 0 atom stereocenters. The number of rotatable bonds is 1. The highest BCUT2D eigenvalue weighted by molar-refractivity contribution is 5.95.